The highest BCUT2D eigenvalue weighted by molar-refractivity contribution is 9.10. The predicted octanol–water partition coefficient (Wildman–Crippen LogP) is 2.70. The van der Waals surface area contributed by atoms with Gasteiger partial charge in [-0.2, -0.15) is 0 Å². The summed E-state index contributed by atoms with van der Waals surface area (Å²) in [4.78, 5) is 5.19. The van der Waals surface area contributed by atoms with E-state index in [0.717, 1.165) is 28.8 Å². The van der Waals surface area contributed by atoms with E-state index in [1.54, 1.807) is 0 Å². The van der Waals surface area contributed by atoms with Crippen LogP contribution in [0.3, 0.4) is 0 Å². The molecule has 2 saturated heterocycles. The lowest BCUT2D eigenvalue weighted by atomic mass is 10.1. The molecule has 0 radical (unpaired) electrons. The van der Waals surface area contributed by atoms with Gasteiger partial charge in [0.25, 0.3) is 0 Å². The van der Waals surface area contributed by atoms with E-state index in [1.165, 1.54) is 37.9 Å². The van der Waals surface area contributed by atoms with Gasteiger partial charge < -0.3 is 5.73 Å². The highest BCUT2D eigenvalue weighted by atomic mass is 79.9. The van der Waals surface area contributed by atoms with Crippen LogP contribution in [0.25, 0.3) is 0 Å². The van der Waals surface area contributed by atoms with Gasteiger partial charge in [-0.25, -0.2) is 0 Å². The first-order valence-corrected chi connectivity index (χ1v) is 7.91. The third-order valence-electron chi connectivity index (χ3n) is 4.70. The minimum atomic E-state index is 0.750. The Morgan fingerprint density at radius 3 is 2.84 bits per heavy atom. The first-order valence-electron chi connectivity index (χ1n) is 7.11. The molecule has 2 aliphatic rings. The van der Waals surface area contributed by atoms with E-state index < -0.39 is 0 Å². The zero-order valence-electron chi connectivity index (χ0n) is 11.5. The van der Waals surface area contributed by atoms with Gasteiger partial charge in [0, 0.05) is 41.9 Å². The van der Waals surface area contributed by atoms with Crippen LogP contribution in [0.15, 0.2) is 22.7 Å². The Hall–Kier alpha value is -0.580. The molecular formula is C15H22BrN3. The fraction of sp³-hybridized carbons (Fsp3) is 0.600. The summed E-state index contributed by atoms with van der Waals surface area (Å²) >= 11 is 3.63. The molecule has 0 aliphatic carbocycles. The molecule has 19 heavy (non-hydrogen) atoms. The van der Waals surface area contributed by atoms with Gasteiger partial charge >= 0.3 is 0 Å². The van der Waals surface area contributed by atoms with Gasteiger partial charge in [-0.1, -0.05) is 22.0 Å². The normalized spacial score (nSPS) is 28.5. The molecule has 1 aromatic carbocycles. The molecule has 2 fully saturated rings. The molecule has 3 rings (SSSR count). The molecule has 2 aliphatic heterocycles. The molecule has 3 nitrogen and oxygen atoms in total. The molecule has 1 aromatic rings. The number of halogens is 1. The van der Waals surface area contributed by atoms with Crippen molar-refractivity contribution in [2.24, 2.45) is 0 Å². The van der Waals surface area contributed by atoms with Gasteiger partial charge in [0.05, 0.1) is 0 Å². The smallest absolute Gasteiger partial charge is 0.0325 e. The average Bonchev–Trinajstić information content (AvgIpc) is 2.60. The summed E-state index contributed by atoms with van der Waals surface area (Å²) in [6, 6.07) is 7.71. The second-order valence-electron chi connectivity index (χ2n) is 5.93. The zero-order chi connectivity index (χ0) is 13.4. The lowest BCUT2D eigenvalue weighted by Gasteiger charge is -2.26. The number of fused-ring (bicyclic) bond motifs is 2. The lowest BCUT2D eigenvalue weighted by Crippen LogP contribution is -2.36. The van der Waals surface area contributed by atoms with Crippen LogP contribution < -0.4 is 5.73 Å². The van der Waals surface area contributed by atoms with Crippen molar-refractivity contribution in [2.45, 2.75) is 37.9 Å². The molecule has 2 heterocycles. The topological polar surface area (TPSA) is 32.5 Å². The summed E-state index contributed by atoms with van der Waals surface area (Å²) in [7, 11) is 2.30. The highest BCUT2D eigenvalue weighted by Crippen LogP contribution is 2.30. The summed E-state index contributed by atoms with van der Waals surface area (Å²) in [6.07, 6.45) is 4.06. The molecular weight excluding hydrogens is 302 g/mol. The second kappa shape index (κ2) is 5.43. The quantitative estimate of drug-likeness (QED) is 0.849. The van der Waals surface area contributed by atoms with E-state index in [2.05, 4.69) is 38.8 Å². The Morgan fingerprint density at radius 2 is 2.05 bits per heavy atom. The van der Waals surface area contributed by atoms with E-state index in [4.69, 9.17) is 5.73 Å². The second-order valence-corrected chi connectivity index (χ2v) is 6.78. The van der Waals surface area contributed by atoms with Crippen LogP contribution in [-0.4, -0.2) is 42.0 Å². The average molecular weight is 324 g/mol. The van der Waals surface area contributed by atoms with Crippen LogP contribution in [0.4, 0.5) is 5.69 Å². The summed E-state index contributed by atoms with van der Waals surface area (Å²) in [5.74, 6) is 0. The number of nitrogen functional groups attached to an aromatic ring is 1. The van der Waals surface area contributed by atoms with Crippen LogP contribution in [0.5, 0.6) is 0 Å². The Bertz CT molecular complexity index is 463. The van der Waals surface area contributed by atoms with Crippen LogP contribution in [-0.2, 0) is 6.54 Å². The third kappa shape index (κ3) is 2.81. The van der Waals surface area contributed by atoms with Gasteiger partial charge in [-0.05, 0) is 44.0 Å². The minimum Gasteiger partial charge on any atom is -0.399 e. The predicted molar refractivity (Wildman–Crippen MR) is 83.0 cm³/mol. The molecule has 2 atom stereocenters. The standard InChI is InChI=1S/C15H22BrN3/c1-18-13-4-5-14(18)10-19(7-6-13)9-11-2-3-12(17)8-15(11)16/h2-3,8,13-14H,4-7,9-10,17H2,1H3. The minimum absolute atomic E-state index is 0.750. The number of hydrogen-bond donors (Lipinski definition) is 1. The number of rotatable bonds is 2. The summed E-state index contributed by atoms with van der Waals surface area (Å²) in [5, 5.41) is 0. The largest absolute Gasteiger partial charge is 0.399 e. The number of anilines is 1. The van der Waals surface area contributed by atoms with E-state index >= 15 is 0 Å². The van der Waals surface area contributed by atoms with Crippen molar-refractivity contribution in [3.63, 3.8) is 0 Å². The number of likely N-dealkylation sites (N-methyl/N-ethyl adjacent to an activating group) is 1. The maximum Gasteiger partial charge on any atom is 0.0325 e. The molecule has 4 heteroatoms. The van der Waals surface area contributed by atoms with Crippen molar-refractivity contribution in [3.8, 4) is 0 Å². The summed E-state index contributed by atoms with van der Waals surface area (Å²) < 4.78 is 1.13. The highest BCUT2D eigenvalue weighted by Gasteiger charge is 2.34. The first kappa shape index (κ1) is 13.4. The van der Waals surface area contributed by atoms with Gasteiger partial charge in [0.2, 0.25) is 0 Å². The Kier molecular flexibility index (Phi) is 3.83. The van der Waals surface area contributed by atoms with Crippen LogP contribution in [0.1, 0.15) is 24.8 Å². The van der Waals surface area contributed by atoms with Crippen LogP contribution in [0, 0.1) is 0 Å². The van der Waals surface area contributed by atoms with Crippen molar-refractivity contribution in [1.29, 1.82) is 0 Å². The van der Waals surface area contributed by atoms with Crippen molar-refractivity contribution in [1.82, 2.24) is 9.80 Å². The molecule has 2 bridgehead atoms. The van der Waals surface area contributed by atoms with Gasteiger partial charge in [0.1, 0.15) is 0 Å². The Morgan fingerprint density at radius 1 is 1.26 bits per heavy atom. The fourth-order valence-electron chi connectivity index (χ4n) is 3.46. The molecule has 2 N–H and O–H groups in total. The van der Waals surface area contributed by atoms with Crippen molar-refractivity contribution >= 4 is 21.6 Å². The van der Waals surface area contributed by atoms with Gasteiger partial charge in [0.15, 0.2) is 0 Å². The SMILES string of the molecule is CN1C2CCC1CN(Cc1ccc(N)cc1Br)CC2. The Labute approximate surface area is 123 Å². The van der Waals surface area contributed by atoms with E-state index in [-0.39, 0.29) is 0 Å². The summed E-state index contributed by atoms with van der Waals surface area (Å²) in [6.45, 7) is 3.43. The van der Waals surface area contributed by atoms with Crippen molar-refractivity contribution < 1.29 is 0 Å². The van der Waals surface area contributed by atoms with Crippen LogP contribution >= 0.6 is 15.9 Å². The zero-order valence-corrected chi connectivity index (χ0v) is 13.1. The van der Waals surface area contributed by atoms with E-state index in [0.29, 0.717) is 0 Å². The number of likely N-dealkylation sites (tertiary alicyclic amines) is 1. The van der Waals surface area contributed by atoms with Crippen molar-refractivity contribution in [2.75, 3.05) is 25.9 Å². The molecule has 0 amide bonds. The maximum absolute atomic E-state index is 5.80. The molecule has 104 valence electrons. The monoisotopic (exact) mass is 323 g/mol. The molecule has 0 spiro atoms. The van der Waals surface area contributed by atoms with Gasteiger partial charge in [-0.15, -0.1) is 0 Å². The number of benzene rings is 1. The Balaban J connectivity index is 1.70. The fourth-order valence-corrected chi connectivity index (χ4v) is 3.98. The maximum atomic E-state index is 5.80. The van der Waals surface area contributed by atoms with E-state index in [1.807, 2.05) is 12.1 Å². The number of hydrogen-bond acceptors (Lipinski definition) is 3. The first-order chi connectivity index (χ1) is 9.13. The lowest BCUT2D eigenvalue weighted by molar-refractivity contribution is 0.214. The number of nitrogens with two attached hydrogens (primary N) is 1. The molecule has 0 saturated carbocycles. The molecule has 0 aromatic heterocycles. The third-order valence-corrected chi connectivity index (χ3v) is 5.44. The van der Waals surface area contributed by atoms with Crippen molar-refractivity contribution in [3.05, 3.63) is 28.2 Å². The molecule has 2 unspecified atom stereocenters. The number of nitrogens with zero attached hydrogens (tertiary/aromatic N) is 2. The summed E-state index contributed by atoms with van der Waals surface area (Å²) in [5.41, 5.74) is 7.97. The van der Waals surface area contributed by atoms with E-state index in [9.17, 15) is 0 Å². The van der Waals surface area contributed by atoms with Gasteiger partial charge in [-0.3, -0.25) is 9.80 Å². The van der Waals surface area contributed by atoms with Crippen LogP contribution in [0.2, 0.25) is 0 Å².